The van der Waals surface area contributed by atoms with Crippen LogP contribution in [0.5, 0.6) is 5.75 Å². The fourth-order valence-electron chi connectivity index (χ4n) is 4.83. The number of nitrogens with zero attached hydrogens (tertiary/aromatic N) is 2. The lowest BCUT2D eigenvalue weighted by molar-refractivity contribution is 0.0927. The van der Waals surface area contributed by atoms with E-state index in [0.29, 0.717) is 22.9 Å². The third-order valence-corrected chi connectivity index (χ3v) is 7.20. The first-order valence-electron chi connectivity index (χ1n) is 12.6. The minimum Gasteiger partial charge on any atom is -0.493 e. The first kappa shape index (κ1) is 25.5. The number of hydrogen-bond acceptors (Lipinski definition) is 5. The number of rotatable bonds is 7. The lowest BCUT2D eigenvalue weighted by Crippen LogP contribution is -2.40. The molecule has 7 nitrogen and oxygen atoms in total. The summed E-state index contributed by atoms with van der Waals surface area (Å²) in [6.07, 6.45) is 7.74. The highest BCUT2D eigenvalue weighted by molar-refractivity contribution is 6.09. The van der Waals surface area contributed by atoms with E-state index in [9.17, 15) is 4.79 Å². The minimum atomic E-state index is -0.0880. The second-order valence-corrected chi connectivity index (χ2v) is 10.3. The number of H-pyrrole nitrogens is 1. The van der Waals surface area contributed by atoms with Gasteiger partial charge in [0, 0.05) is 23.3 Å². The number of hydrogen-bond donors (Lipinski definition) is 3. The van der Waals surface area contributed by atoms with Crippen LogP contribution < -0.4 is 15.8 Å². The van der Waals surface area contributed by atoms with Crippen molar-refractivity contribution in [3.63, 3.8) is 0 Å². The zero-order valence-electron chi connectivity index (χ0n) is 20.8. The Bertz CT molecular complexity index is 1200. The van der Waals surface area contributed by atoms with Crippen LogP contribution in [0.1, 0.15) is 79.9 Å². The molecule has 35 heavy (non-hydrogen) atoms. The van der Waals surface area contributed by atoms with Gasteiger partial charge in [0.1, 0.15) is 23.3 Å². The van der Waals surface area contributed by atoms with Crippen LogP contribution in [-0.4, -0.2) is 39.5 Å². The number of aromatic amines is 1. The molecule has 2 aliphatic carbocycles. The summed E-state index contributed by atoms with van der Waals surface area (Å²) in [4.78, 5) is 25.9. The second kappa shape index (κ2) is 10.5. The molecule has 0 unspecified atom stereocenters. The topological polar surface area (TPSA) is 106 Å². The number of aryl methyl sites for hydroxylation is 1. The third kappa shape index (κ3) is 5.46. The predicted octanol–water partition coefficient (Wildman–Crippen LogP) is 5.27. The van der Waals surface area contributed by atoms with Gasteiger partial charge in [0.2, 0.25) is 0 Å². The standard InChI is InChI=1S/C27H35N5O2.ClH/c1-15(2)18-6-11-22(34-13-17-4-5-17)21(12-18)24-26-25(30-14-29-24)23(16(3)31-26)27(33)32-20-9-7-19(28)8-10-20;/h6,11-12,14-15,17,19-20,31H,4-5,7-10,13,28H2,1-3H3,(H,32,33);1H/t19-,20-;. The van der Waals surface area contributed by atoms with Crippen LogP contribution in [0.15, 0.2) is 24.5 Å². The van der Waals surface area contributed by atoms with E-state index in [-0.39, 0.29) is 30.4 Å². The molecular weight excluding hydrogens is 462 g/mol. The molecule has 2 aromatic heterocycles. The Morgan fingerprint density at radius 3 is 2.60 bits per heavy atom. The van der Waals surface area contributed by atoms with Crippen LogP contribution in [0.3, 0.4) is 0 Å². The number of benzene rings is 1. The molecular formula is C27H36ClN5O2. The van der Waals surface area contributed by atoms with Crippen LogP contribution in [-0.2, 0) is 0 Å². The number of carbonyl (C=O) groups is 1. The first-order valence-corrected chi connectivity index (χ1v) is 12.6. The summed E-state index contributed by atoms with van der Waals surface area (Å²) >= 11 is 0. The molecule has 2 heterocycles. The Balaban J connectivity index is 0.00000289. The lowest BCUT2D eigenvalue weighted by Gasteiger charge is -2.26. The lowest BCUT2D eigenvalue weighted by atomic mass is 9.91. The molecule has 2 aliphatic rings. The van der Waals surface area contributed by atoms with Gasteiger partial charge in [0.15, 0.2) is 0 Å². The molecule has 0 atom stereocenters. The number of carbonyl (C=O) groups excluding carboxylic acids is 1. The molecule has 0 radical (unpaired) electrons. The van der Waals surface area contributed by atoms with E-state index in [2.05, 4.69) is 52.3 Å². The van der Waals surface area contributed by atoms with Crippen molar-refractivity contribution in [1.82, 2.24) is 20.3 Å². The van der Waals surface area contributed by atoms with Crippen LogP contribution >= 0.6 is 12.4 Å². The molecule has 0 aliphatic heterocycles. The molecule has 0 bridgehead atoms. The smallest absolute Gasteiger partial charge is 0.255 e. The molecule has 1 aromatic carbocycles. The van der Waals surface area contributed by atoms with Gasteiger partial charge in [-0.3, -0.25) is 4.79 Å². The van der Waals surface area contributed by atoms with E-state index in [0.717, 1.165) is 60.5 Å². The maximum Gasteiger partial charge on any atom is 0.255 e. The van der Waals surface area contributed by atoms with Gasteiger partial charge in [-0.05, 0) is 75.0 Å². The molecule has 0 saturated heterocycles. The number of nitrogens with two attached hydrogens (primary N) is 1. The molecule has 2 fully saturated rings. The summed E-state index contributed by atoms with van der Waals surface area (Å²) < 4.78 is 6.23. The van der Waals surface area contributed by atoms with E-state index in [4.69, 9.17) is 10.5 Å². The number of ether oxygens (including phenoxy) is 1. The summed E-state index contributed by atoms with van der Waals surface area (Å²) in [5.74, 6) is 1.77. The van der Waals surface area contributed by atoms with E-state index >= 15 is 0 Å². The fraction of sp³-hybridized carbons (Fsp3) is 0.519. The van der Waals surface area contributed by atoms with Crippen molar-refractivity contribution < 1.29 is 9.53 Å². The largest absolute Gasteiger partial charge is 0.493 e. The monoisotopic (exact) mass is 497 g/mol. The van der Waals surface area contributed by atoms with Crippen molar-refractivity contribution in [2.45, 2.75) is 77.3 Å². The number of halogens is 1. The van der Waals surface area contributed by atoms with E-state index < -0.39 is 0 Å². The zero-order chi connectivity index (χ0) is 23.8. The molecule has 188 valence electrons. The van der Waals surface area contributed by atoms with Crippen LogP contribution in [0.25, 0.3) is 22.3 Å². The summed E-state index contributed by atoms with van der Waals surface area (Å²) in [6.45, 7) is 7.01. The highest BCUT2D eigenvalue weighted by Crippen LogP contribution is 2.38. The summed E-state index contributed by atoms with van der Waals surface area (Å²) in [7, 11) is 0. The molecule has 2 saturated carbocycles. The minimum absolute atomic E-state index is 0. The third-order valence-electron chi connectivity index (χ3n) is 7.20. The Labute approximate surface area is 213 Å². The quantitative estimate of drug-likeness (QED) is 0.412. The van der Waals surface area contributed by atoms with Crippen LogP contribution in [0.2, 0.25) is 0 Å². The molecule has 3 aromatic rings. The van der Waals surface area contributed by atoms with Crippen LogP contribution in [0.4, 0.5) is 0 Å². The van der Waals surface area contributed by atoms with Crippen molar-refractivity contribution in [3.8, 4) is 17.0 Å². The second-order valence-electron chi connectivity index (χ2n) is 10.3. The summed E-state index contributed by atoms with van der Waals surface area (Å²) in [5, 5.41) is 3.21. The fourth-order valence-corrected chi connectivity index (χ4v) is 4.83. The van der Waals surface area contributed by atoms with E-state index in [1.54, 1.807) is 6.33 Å². The number of fused-ring (bicyclic) bond motifs is 1. The van der Waals surface area contributed by atoms with Gasteiger partial charge in [-0.1, -0.05) is 19.9 Å². The van der Waals surface area contributed by atoms with Crippen molar-refractivity contribution >= 4 is 29.3 Å². The highest BCUT2D eigenvalue weighted by atomic mass is 35.5. The molecule has 8 heteroatoms. The molecule has 0 spiro atoms. The average Bonchev–Trinajstić information content (AvgIpc) is 3.58. The van der Waals surface area contributed by atoms with Gasteiger partial charge in [0.25, 0.3) is 5.91 Å². The van der Waals surface area contributed by atoms with Crippen LogP contribution in [0, 0.1) is 12.8 Å². The van der Waals surface area contributed by atoms with Gasteiger partial charge in [-0.15, -0.1) is 12.4 Å². The predicted molar refractivity (Wildman–Crippen MR) is 141 cm³/mol. The van der Waals surface area contributed by atoms with Gasteiger partial charge in [-0.2, -0.15) is 0 Å². The number of amides is 1. The van der Waals surface area contributed by atoms with Gasteiger partial charge >= 0.3 is 0 Å². The maximum absolute atomic E-state index is 13.3. The van der Waals surface area contributed by atoms with Crippen molar-refractivity contribution in [1.29, 1.82) is 0 Å². The normalized spacial score (nSPS) is 20.0. The van der Waals surface area contributed by atoms with Crippen molar-refractivity contribution in [3.05, 3.63) is 41.3 Å². The van der Waals surface area contributed by atoms with Crippen molar-refractivity contribution in [2.75, 3.05) is 6.61 Å². The number of aromatic nitrogens is 3. The summed E-state index contributed by atoms with van der Waals surface area (Å²) in [6, 6.07) is 6.75. The molecule has 4 N–H and O–H groups in total. The Morgan fingerprint density at radius 2 is 1.91 bits per heavy atom. The number of nitrogens with one attached hydrogen (secondary N) is 2. The van der Waals surface area contributed by atoms with Crippen molar-refractivity contribution in [2.24, 2.45) is 11.7 Å². The zero-order valence-corrected chi connectivity index (χ0v) is 21.6. The van der Waals surface area contributed by atoms with Gasteiger partial charge in [-0.25, -0.2) is 9.97 Å². The average molecular weight is 498 g/mol. The Hall–Kier alpha value is -2.64. The Morgan fingerprint density at radius 1 is 1.17 bits per heavy atom. The first-order chi connectivity index (χ1) is 16.4. The Kier molecular flexibility index (Phi) is 7.67. The maximum atomic E-state index is 13.3. The highest BCUT2D eigenvalue weighted by Gasteiger charge is 2.26. The van der Waals surface area contributed by atoms with Gasteiger partial charge in [0.05, 0.1) is 17.7 Å². The van der Waals surface area contributed by atoms with E-state index in [1.165, 1.54) is 18.4 Å². The molecule has 5 rings (SSSR count). The van der Waals surface area contributed by atoms with Gasteiger partial charge < -0.3 is 20.8 Å². The SMILES string of the molecule is Cc1[nH]c2c(-c3cc(C(C)C)ccc3OCC3CC3)ncnc2c1C(=O)N[C@H]1CC[C@H](N)CC1.Cl. The summed E-state index contributed by atoms with van der Waals surface area (Å²) in [5.41, 5.74) is 11.8. The molecule has 1 amide bonds. The van der Waals surface area contributed by atoms with E-state index in [1.807, 2.05) is 6.92 Å².